The number of rotatable bonds is 9. The minimum atomic E-state index is -0.675. The van der Waals surface area contributed by atoms with E-state index in [1.54, 1.807) is 6.92 Å². The van der Waals surface area contributed by atoms with Crippen molar-refractivity contribution in [3.05, 3.63) is 11.4 Å². The van der Waals surface area contributed by atoms with Gasteiger partial charge in [-0.1, -0.05) is 18.6 Å². The molecule has 1 amide bonds. The van der Waals surface area contributed by atoms with Gasteiger partial charge in [-0.3, -0.25) is 9.59 Å². The van der Waals surface area contributed by atoms with E-state index in [-0.39, 0.29) is 18.8 Å². The molecular weight excluding hydrogens is 264 g/mol. The smallest absolute Gasteiger partial charge is 0.327 e. The highest BCUT2D eigenvalue weighted by molar-refractivity contribution is 5.91. The molecule has 0 atom stereocenters. The molecule has 0 unspecified atom stereocenters. The first-order valence-electron chi connectivity index (χ1n) is 6.49. The summed E-state index contributed by atoms with van der Waals surface area (Å²) in [6.45, 7) is 4.80. The van der Waals surface area contributed by atoms with Crippen LogP contribution in [0, 0.1) is 6.92 Å². The highest BCUT2D eigenvalue weighted by Crippen LogP contribution is 2.02. The fourth-order valence-corrected chi connectivity index (χ4v) is 1.47. The summed E-state index contributed by atoms with van der Waals surface area (Å²) in [5, 5.41) is 7.28. The molecule has 0 aliphatic heterocycles. The lowest BCUT2D eigenvalue weighted by molar-refractivity contribution is -0.146. The second-order valence-corrected chi connectivity index (χ2v) is 4.23. The number of primary amides is 1. The quantitative estimate of drug-likeness (QED) is 0.506. The Balaban J connectivity index is 2.30. The van der Waals surface area contributed by atoms with E-state index < -0.39 is 11.9 Å². The Hall–Kier alpha value is -1.96. The van der Waals surface area contributed by atoms with Gasteiger partial charge < -0.3 is 15.2 Å². The van der Waals surface area contributed by atoms with E-state index in [1.807, 2.05) is 0 Å². The molecule has 0 bridgehead atoms. The minimum Gasteiger partial charge on any atom is -0.462 e. The molecular formula is C12H20N4O4. The van der Waals surface area contributed by atoms with Crippen LogP contribution in [0.1, 0.15) is 35.9 Å². The number of aromatic nitrogens is 3. The van der Waals surface area contributed by atoms with E-state index >= 15 is 0 Å². The molecule has 2 N–H and O–H groups in total. The predicted molar refractivity (Wildman–Crippen MR) is 70.0 cm³/mol. The molecule has 1 rings (SSSR count). The van der Waals surface area contributed by atoms with Crippen molar-refractivity contribution in [2.24, 2.45) is 5.73 Å². The second-order valence-electron chi connectivity index (χ2n) is 4.23. The van der Waals surface area contributed by atoms with Gasteiger partial charge in [-0.2, -0.15) is 0 Å². The Labute approximate surface area is 117 Å². The maximum absolute atomic E-state index is 11.6. The molecule has 0 radical (unpaired) electrons. The van der Waals surface area contributed by atoms with E-state index in [4.69, 9.17) is 15.2 Å². The summed E-state index contributed by atoms with van der Waals surface area (Å²) in [5.74, 6) is -1.14. The highest BCUT2D eigenvalue weighted by Gasteiger charge is 2.15. The van der Waals surface area contributed by atoms with Crippen LogP contribution in [-0.2, 0) is 20.8 Å². The molecule has 0 aliphatic carbocycles. The van der Waals surface area contributed by atoms with Crippen molar-refractivity contribution < 1.29 is 19.1 Å². The predicted octanol–water partition coefficient (Wildman–Crippen LogP) is 0.0453. The maximum Gasteiger partial charge on any atom is 0.327 e. The SMILES string of the molecule is CCCCOCCOC(=O)Cn1nnc(C(N)=O)c1C. The third-order valence-corrected chi connectivity index (χ3v) is 2.63. The van der Waals surface area contributed by atoms with Gasteiger partial charge in [0.2, 0.25) is 0 Å². The first-order chi connectivity index (χ1) is 9.56. The van der Waals surface area contributed by atoms with Gasteiger partial charge in [-0.05, 0) is 13.3 Å². The van der Waals surface area contributed by atoms with Gasteiger partial charge in [0.25, 0.3) is 5.91 Å². The lowest BCUT2D eigenvalue weighted by atomic mass is 10.3. The molecule has 8 heteroatoms. The number of ether oxygens (including phenoxy) is 2. The Morgan fingerprint density at radius 2 is 2.05 bits per heavy atom. The van der Waals surface area contributed by atoms with Crippen molar-refractivity contribution in [3.63, 3.8) is 0 Å². The van der Waals surface area contributed by atoms with Crippen LogP contribution in [0.3, 0.4) is 0 Å². The largest absolute Gasteiger partial charge is 0.462 e. The number of esters is 1. The molecule has 8 nitrogen and oxygen atoms in total. The Morgan fingerprint density at radius 1 is 1.30 bits per heavy atom. The monoisotopic (exact) mass is 284 g/mol. The van der Waals surface area contributed by atoms with Crippen molar-refractivity contribution in [3.8, 4) is 0 Å². The zero-order valence-electron chi connectivity index (χ0n) is 11.8. The van der Waals surface area contributed by atoms with Crippen LogP contribution >= 0.6 is 0 Å². The molecule has 0 aliphatic rings. The zero-order valence-corrected chi connectivity index (χ0v) is 11.8. The van der Waals surface area contributed by atoms with Gasteiger partial charge in [0.1, 0.15) is 13.2 Å². The lowest BCUT2D eigenvalue weighted by Crippen LogP contribution is -2.19. The first kappa shape index (κ1) is 16.1. The van der Waals surface area contributed by atoms with Crippen LogP contribution in [0.15, 0.2) is 0 Å². The van der Waals surface area contributed by atoms with Crippen molar-refractivity contribution in [2.45, 2.75) is 33.2 Å². The fraction of sp³-hybridized carbons (Fsp3) is 0.667. The number of carbonyl (C=O) groups is 2. The van der Waals surface area contributed by atoms with E-state index in [1.165, 1.54) is 4.68 Å². The number of hydrogen-bond donors (Lipinski definition) is 1. The zero-order chi connectivity index (χ0) is 15.0. The van der Waals surface area contributed by atoms with Crippen molar-refractivity contribution in [1.29, 1.82) is 0 Å². The van der Waals surface area contributed by atoms with Gasteiger partial charge >= 0.3 is 5.97 Å². The second kappa shape index (κ2) is 8.26. The summed E-state index contributed by atoms with van der Waals surface area (Å²) in [5.41, 5.74) is 5.60. The number of unbranched alkanes of at least 4 members (excludes halogenated alkanes) is 1. The molecule has 1 aromatic rings. The van der Waals surface area contributed by atoms with Crippen LogP contribution < -0.4 is 5.73 Å². The number of amides is 1. The van der Waals surface area contributed by atoms with Gasteiger partial charge in [0.15, 0.2) is 5.69 Å². The first-order valence-corrected chi connectivity index (χ1v) is 6.49. The van der Waals surface area contributed by atoms with Crippen molar-refractivity contribution in [1.82, 2.24) is 15.0 Å². The van der Waals surface area contributed by atoms with Crippen LogP contribution in [-0.4, -0.2) is 46.7 Å². The summed E-state index contributed by atoms with van der Waals surface area (Å²) in [7, 11) is 0. The average molecular weight is 284 g/mol. The van der Waals surface area contributed by atoms with Crippen molar-refractivity contribution in [2.75, 3.05) is 19.8 Å². The number of hydrogen-bond acceptors (Lipinski definition) is 6. The molecule has 112 valence electrons. The molecule has 20 heavy (non-hydrogen) atoms. The van der Waals surface area contributed by atoms with Gasteiger partial charge in [0, 0.05) is 6.61 Å². The summed E-state index contributed by atoms with van der Waals surface area (Å²) in [6, 6.07) is 0. The number of nitrogens with zero attached hydrogens (tertiary/aromatic N) is 3. The summed E-state index contributed by atoms with van der Waals surface area (Å²) in [4.78, 5) is 22.5. The maximum atomic E-state index is 11.6. The van der Waals surface area contributed by atoms with E-state index in [2.05, 4.69) is 17.2 Å². The van der Waals surface area contributed by atoms with E-state index in [0.717, 1.165) is 12.8 Å². The number of carbonyl (C=O) groups excluding carboxylic acids is 2. The standard InChI is InChI=1S/C12H20N4O4/c1-3-4-5-19-6-7-20-10(17)8-16-9(2)11(12(13)18)14-15-16/h3-8H2,1-2H3,(H2,13,18). The summed E-state index contributed by atoms with van der Waals surface area (Å²) in [6.07, 6.45) is 2.05. The summed E-state index contributed by atoms with van der Waals surface area (Å²) >= 11 is 0. The van der Waals surface area contributed by atoms with Crippen LogP contribution in [0.25, 0.3) is 0 Å². The van der Waals surface area contributed by atoms with Crippen LogP contribution in [0.5, 0.6) is 0 Å². The molecule has 0 spiro atoms. The molecule has 1 aromatic heterocycles. The van der Waals surface area contributed by atoms with Gasteiger partial charge in [-0.25, -0.2) is 4.68 Å². The lowest BCUT2D eigenvalue weighted by Gasteiger charge is -2.06. The summed E-state index contributed by atoms with van der Waals surface area (Å²) < 4.78 is 11.5. The van der Waals surface area contributed by atoms with Gasteiger partial charge in [0.05, 0.1) is 12.3 Å². The van der Waals surface area contributed by atoms with Crippen LogP contribution in [0.4, 0.5) is 0 Å². The topological polar surface area (TPSA) is 109 Å². The molecule has 0 fully saturated rings. The average Bonchev–Trinajstić information content (AvgIpc) is 2.75. The van der Waals surface area contributed by atoms with Crippen molar-refractivity contribution >= 4 is 11.9 Å². The Morgan fingerprint density at radius 3 is 2.65 bits per heavy atom. The Bertz CT molecular complexity index is 458. The molecule has 0 saturated carbocycles. The number of nitrogens with two attached hydrogens (primary N) is 1. The normalized spacial score (nSPS) is 10.5. The Kier molecular flexibility index (Phi) is 6.65. The minimum absolute atomic E-state index is 0.0562. The highest BCUT2D eigenvalue weighted by atomic mass is 16.6. The molecule has 1 heterocycles. The van der Waals surface area contributed by atoms with Gasteiger partial charge in [-0.15, -0.1) is 5.10 Å². The third-order valence-electron chi connectivity index (χ3n) is 2.63. The van der Waals surface area contributed by atoms with E-state index in [0.29, 0.717) is 18.9 Å². The van der Waals surface area contributed by atoms with Crippen LogP contribution in [0.2, 0.25) is 0 Å². The molecule has 0 saturated heterocycles. The third kappa shape index (κ3) is 4.96. The van der Waals surface area contributed by atoms with E-state index in [9.17, 15) is 9.59 Å². The fourth-order valence-electron chi connectivity index (χ4n) is 1.47. The molecule has 0 aromatic carbocycles.